The minimum Gasteiger partial charge on any atom is -0.357 e. The second-order valence-electron chi connectivity index (χ2n) is 6.73. The highest BCUT2D eigenvalue weighted by atomic mass is 32.1. The molecule has 0 bridgehead atoms. The second kappa shape index (κ2) is 9.77. The standard InChI is InChI=1S/C18H32N6S/c1-6-19-17(20-8-7-9-24(14(2)3)15(4)5)21-12-16-13-23-10-11-25-18(23)22-16/h10-11,13-15H,6-9,12H2,1-5H3,(H2,19,20,21). The van der Waals surface area contributed by atoms with Crippen molar-refractivity contribution in [2.45, 2.75) is 59.7 Å². The summed E-state index contributed by atoms with van der Waals surface area (Å²) in [5, 5.41) is 8.78. The van der Waals surface area contributed by atoms with Crippen molar-refractivity contribution in [1.82, 2.24) is 24.9 Å². The number of guanidine groups is 1. The molecule has 2 aromatic rings. The Balaban J connectivity index is 1.82. The van der Waals surface area contributed by atoms with E-state index in [1.54, 1.807) is 11.3 Å². The topological polar surface area (TPSA) is 57.0 Å². The zero-order valence-electron chi connectivity index (χ0n) is 16.1. The van der Waals surface area contributed by atoms with Crippen LogP contribution in [0.5, 0.6) is 0 Å². The summed E-state index contributed by atoms with van der Waals surface area (Å²) in [7, 11) is 0. The average Bonchev–Trinajstić information content (AvgIpc) is 3.12. The lowest BCUT2D eigenvalue weighted by Crippen LogP contribution is -2.41. The van der Waals surface area contributed by atoms with Gasteiger partial charge in [0.05, 0.1) is 12.2 Å². The van der Waals surface area contributed by atoms with Crippen molar-refractivity contribution in [2.75, 3.05) is 19.6 Å². The molecule has 0 aliphatic heterocycles. The van der Waals surface area contributed by atoms with E-state index in [2.05, 4.69) is 60.1 Å². The van der Waals surface area contributed by atoms with Crippen LogP contribution in [0.4, 0.5) is 0 Å². The van der Waals surface area contributed by atoms with Gasteiger partial charge in [-0.3, -0.25) is 9.30 Å². The van der Waals surface area contributed by atoms with E-state index in [1.807, 2.05) is 22.2 Å². The van der Waals surface area contributed by atoms with Gasteiger partial charge in [-0.2, -0.15) is 0 Å². The van der Waals surface area contributed by atoms with Crippen LogP contribution in [0.15, 0.2) is 22.8 Å². The molecule has 0 amide bonds. The Bertz CT molecular complexity index is 621. The van der Waals surface area contributed by atoms with Crippen molar-refractivity contribution >= 4 is 22.3 Å². The molecule has 0 fully saturated rings. The first-order chi connectivity index (χ1) is 12.0. The maximum Gasteiger partial charge on any atom is 0.193 e. The third-order valence-electron chi connectivity index (χ3n) is 4.10. The first kappa shape index (κ1) is 19.7. The molecular formula is C18H32N6S. The first-order valence-electron chi connectivity index (χ1n) is 9.20. The minimum atomic E-state index is 0.580. The van der Waals surface area contributed by atoms with Crippen LogP contribution in [0, 0.1) is 0 Å². The maximum atomic E-state index is 4.66. The average molecular weight is 365 g/mol. The molecule has 0 aromatic carbocycles. The maximum absolute atomic E-state index is 4.66. The number of imidazole rings is 1. The molecule has 0 aliphatic rings. The van der Waals surface area contributed by atoms with Gasteiger partial charge >= 0.3 is 0 Å². The summed E-state index contributed by atoms with van der Waals surface area (Å²) in [5.74, 6) is 0.861. The van der Waals surface area contributed by atoms with Crippen LogP contribution < -0.4 is 10.6 Å². The van der Waals surface area contributed by atoms with Crippen LogP contribution in [0.25, 0.3) is 4.96 Å². The molecule has 140 valence electrons. The number of aromatic nitrogens is 2. The summed E-state index contributed by atoms with van der Waals surface area (Å²) >= 11 is 1.64. The summed E-state index contributed by atoms with van der Waals surface area (Å²) in [6, 6.07) is 1.16. The second-order valence-corrected chi connectivity index (χ2v) is 7.60. The third kappa shape index (κ3) is 6.01. The molecule has 0 aliphatic carbocycles. The Hall–Kier alpha value is -1.60. The predicted octanol–water partition coefficient (Wildman–Crippen LogP) is 2.96. The van der Waals surface area contributed by atoms with E-state index < -0.39 is 0 Å². The van der Waals surface area contributed by atoms with Crippen molar-refractivity contribution in [1.29, 1.82) is 0 Å². The van der Waals surface area contributed by atoms with Gasteiger partial charge in [-0.05, 0) is 41.0 Å². The molecular weight excluding hydrogens is 332 g/mol. The number of nitrogens with zero attached hydrogens (tertiary/aromatic N) is 4. The molecule has 7 heteroatoms. The fourth-order valence-electron chi connectivity index (χ4n) is 2.94. The summed E-state index contributed by atoms with van der Waals surface area (Å²) < 4.78 is 2.04. The Morgan fingerprint density at radius 1 is 1.28 bits per heavy atom. The zero-order valence-corrected chi connectivity index (χ0v) is 16.9. The minimum absolute atomic E-state index is 0.580. The lowest BCUT2D eigenvalue weighted by Gasteiger charge is -2.30. The van der Waals surface area contributed by atoms with Gasteiger partial charge in [0.1, 0.15) is 0 Å². The summed E-state index contributed by atoms with van der Waals surface area (Å²) in [6.07, 6.45) is 5.17. The largest absolute Gasteiger partial charge is 0.357 e. The fraction of sp³-hybridized carbons (Fsp3) is 0.667. The van der Waals surface area contributed by atoms with Gasteiger partial charge in [-0.25, -0.2) is 9.98 Å². The highest BCUT2D eigenvalue weighted by molar-refractivity contribution is 7.15. The SMILES string of the molecule is CCNC(=NCc1cn2ccsc2n1)NCCCN(C(C)C)C(C)C. The fourth-order valence-corrected chi connectivity index (χ4v) is 3.65. The molecule has 2 N–H and O–H groups in total. The van der Waals surface area contributed by atoms with Crippen LogP contribution in [0.2, 0.25) is 0 Å². The van der Waals surface area contributed by atoms with Crippen LogP contribution in [0.1, 0.15) is 46.7 Å². The highest BCUT2D eigenvalue weighted by Crippen LogP contribution is 2.11. The Kier molecular flexibility index (Phi) is 7.71. The summed E-state index contributed by atoms with van der Waals surface area (Å²) in [5.41, 5.74) is 0.995. The van der Waals surface area contributed by atoms with Crippen LogP contribution in [-0.4, -0.2) is 52.0 Å². The molecule has 0 unspecified atom stereocenters. The van der Waals surface area contributed by atoms with E-state index in [0.717, 1.165) is 42.7 Å². The molecule has 2 rings (SSSR count). The monoisotopic (exact) mass is 364 g/mol. The lowest BCUT2D eigenvalue weighted by molar-refractivity contribution is 0.173. The normalized spacial score (nSPS) is 12.7. The van der Waals surface area contributed by atoms with E-state index in [1.165, 1.54) is 0 Å². The van der Waals surface area contributed by atoms with Crippen molar-refractivity contribution in [3.63, 3.8) is 0 Å². The van der Waals surface area contributed by atoms with Crippen LogP contribution >= 0.6 is 11.3 Å². The van der Waals surface area contributed by atoms with E-state index in [4.69, 9.17) is 0 Å². The number of rotatable bonds is 9. The highest BCUT2D eigenvalue weighted by Gasteiger charge is 2.12. The first-order valence-corrected chi connectivity index (χ1v) is 10.1. The predicted molar refractivity (Wildman–Crippen MR) is 107 cm³/mol. The van der Waals surface area contributed by atoms with E-state index in [9.17, 15) is 0 Å². The third-order valence-corrected chi connectivity index (χ3v) is 4.87. The Morgan fingerprint density at radius 3 is 2.68 bits per heavy atom. The smallest absolute Gasteiger partial charge is 0.193 e. The molecule has 0 spiro atoms. The van der Waals surface area contributed by atoms with Gasteiger partial charge in [-0.1, -0.05) is 0 Å². The quantitative estimate of drug-likeness (QED) is 0.408. The molecule has 2 heterocycles. The number of hydrogen-bond acceptors (Lipinski definition) is 4. The summed E-state index contributed by atoms with van der Waals surface area (Å²) in [4.78, 5) is 12.8. The van der Waals surface area contributed by atoms with Crippen molar-refractivity contribution in [3.05, 3.63) is 23.5 Å². The summed E-state index contributed by atoms with van der Waals surface area (Å²) in [6.45, 7) is 14.6. The Morgan fingerprint density at radius 2 is 2.04 bits per heavy atom. The van der Waals surface area contributed by atoms with E-state index in [-0.39, 0.29) is 0 Å². The van der Waals surface area contributed by atoms with Crippen LogP contribution in [-0.2, 0) is 6.54 Å². The van der Waals surface area contributed by atoms with Gasteiger partial charge in [0.2, 0.25) is 0 Å². The molecule has 0 atom stereocenters. The van der Waals surface area contributed by atoms with Crippen molar-refractivity contribution in [2.24, 2.45) is 4.99 Å². The van der Waals surface area contributed by atoms with Crippen molar-refractivity contribution < 1.29 is 0 Å². The van der Waals surface area contributed by atoms with E-state index in [0.29, 0.717) is 18.6 Å². The van der Waals surface area contributed by atoms with Gasteiger partial charge < -0.3 is 10.6 Å². The number of thiazole rings is 1. The molecule has 0 saturated heterocycles. The van der Waals surface area contributed by atoms with Gasteiger partial charge in [0, 0.05) is 49.5 Å². The lowest BCUT2D eigenvalue weighted by atomic mass is 10.2. The van der Waals surface area contributed by atoms with Crippen molar-refractivity contribution in [3.8, 4) is 0 Å². The van der Waals surface area contributed by atoms with Crippen LogP contribution in [0.3, 0.4) is 0 Å². The van der Waals surface area contributed by atoms with Gasteiger partial charge in [0.15, 0.2) is 10.9 Å². The molecule has 6 nitrogen and oxygen atoms in total. The number of fused-ring (bicyclic) bond motifs is 1. The van der Waals surface area contributed by atoms with Gasteiger partial charge in [0.25, 0.3) is 0 Å². The number of nitrogens with one attached hydrogen (secondary N) is 2. The molecule has 25 heavy (non-hydrogen) atoms. The number of aliphatic imine (C=N–C) groups is 1. The van der Waals surface area contributed by atoms with Gasteiger partial charge in [-0.15, -0.1) is 11.3 Å². The van der Waals surface area contributed by atoms with E-state index >= 15 is 0 Å². The molecule has 0 saturated carbocycles. The zero-order chi connectivity index (χ0) is 18.2. The molecule has 2 aromatic heterocycles. The molecule has 0 radical (unpaired) electrons. The number of hydrogen-bond donors (Lipinski definition) is 2. The Labute approximate surface area is 155 Å².